The van der Waals surface area contributed by atoms with Crippen LogP contribution in [0.15, 0.2) is 30.3 Å². The zero-order chi connectivity index (χ0) is 10.4. The highest BCUT2D eigenvalue weighted by atomic mass is 28.2. The van der Waals surface area contributed by atoms with E-state index in [-0.39, 0.29) is 9.52 Å². The van der Waals surface area contributed by atoms with Gasteiger partial charge in [0.25, 0.3) is 0 Å². The lowest BCUT2D eigenvalue weighted by atomic mass is 10.2. The Morgan fingerprint density at radius 2 is 2.00 bits per heavy atom. The summed E-state index contributed by atoms with van der Waals surface area (Å²) in [6.45, 7) is 3.94. The van der Waals surface area contributed by atoms with Gasteiger partial charge in [-0.05, 0) is 18.9 Å². The van der Waals surface area contributed by atoms with Crippen LogP contribution >= 0.6 is 0 Å². The van der Waals surface area contributed by atoms with Gasteiger partial charge in [0.2, 0.25) is 0 Å². The first-order valence-electron chi connectivity index (χ1n) is 5.22. The van der Waals surface area contributed by atoms with Gasteiger partial charge in [0.05, 0.1) is 9.52 Å². The second kappa shape index (κ2) is 5.76. The van der Waals surface area contributed by atoms with Crippen LogP contribution in [0, 0.1) is 0 Å². The summed E-state index contributed by atoms with van der Waals surface area (Å²) in [6, 6.07) is 10.7. The van der Waals surface area contributed by atoms with Crippen molar-refractivity contribution in [1.29, 1.82) is 0 Å². The summed E-state index contributed by atoms with van der Waals surface area (Å²) in [5, 5.41) is 1.50. The fraction of sp³-hybridized carbons (Fsp3) is 0.417. The van der Waals surface area contributed by atoms with Crippen LogP contribution in [-0.4, -0.2) is 15.3 Å². The molecule has 0 fully saturated rings. The van der Waals surface area contributed by atoms with Crippen LogP contribution in [0.2, 0.25) is 5.54 Å². The van der Waals surface area contributed by atoms with Crippen LogP contribution in [0.25, 0.3) is 0 Å². The van der Waals surface area contributed by atoms with Crippen LogP contribution in [0.1, 0.15) is 26.7 Å². The van der Waals surface area contributed by atoms with E-state index in [1.54, 1.807) is 6.92 Å². The topological polar surface area (TPSA) is 17.1 Å². The van der Waals surface area contributed by atoms with E-state index in [4.69, 9.17) is 0 Å². The molecule has 0 aliphatic rings. The quantitative estimate of drug-likeness (QED) is 0.670. The van der Waals surface area contributed by atoms with Crippen LogP contribution in [-0.2, 0) is 4.79 Å². The molecule has 0 spiro atoms. The first-order valence-corrected chi connectivity index (χ1v) is 6.74. The standard InChI is InChI=1S/C12H18OSi/c1-10(13)8-9-11(2)14-12-6-4-3-5-7-12/h3-7,11H,8-9,14H2,1-2H3. The minimum Gasteiger partial charge on any atom is -0.300 e. The maximum atomic E-state index is 10.8. The molecule has 0 bridgehead atoms. The van der Waals surface area contributed by atoms with Gasteiger partial charge in [-0.3, -0.25) is 0 Å². The van der Waals surface area contributed by atoms with Crippen molar-refractivity contribution in [1.82, 2.24) is 0 Å². The van der Waals surface area contributed by atoms with E-state index in [0.717, 1.165) is 18.4 Å². The van der Waals surface area contributed by atoms with Crippen LogP contribution in [0.4, 0.5) is 0 Å². The van der Waals surface area contributed by atoms with E-state index in [1.165, 1.54) is 5.19 Å². The molecule has 0 radical (unpaired) electrons. The lowest BCUT2D eigenvalue weighted by Crippen LogP contribution is -2.17. The molecule has 1 aromatic rings. The smallest absolute Gasteiger partial charge is 0.129 e. The summed E-state index contributed by atoms with van der Waals surface area (Å²) in [4.78, 5) is 10.8. The highest BCUT2D eigenvalue weighted by Gasteiger charge is 2.05. The van der Waals surface area contributed by atoms with Crippen molar-refractivity contribution >= 4 is 20.5 Å². The van der Waals surface area contributed by atoms with Gasteiger partial charge < -0.3 is 4.79 Å². The molecule has 0 aromatic heterocycles. The Morgan fingerprint density at radius 1 is 1.36 bits per heavy atom. The summed E-state index contributed by atoms with van der Waals surface area (Å²) < 4.78 is 0. The second-order valence-electron chi connectivity index (χ2n) is 4.04. The molecular weight excluding hydrogens is 188 g/mol. The molecule has 0 saturated heterocycles. The maximum absolute atomic E-state index is 10.8. The lowest BCUT2D eigenvalue weighted by Gasteiger charge is -2.08. The predicted molar refractivity (Wildman–Crippen MR) is 64.0 cm³/mol. The average molecular weight is 206 g/mol. The number of carbonyl (C=O) groups excluding carboxylic acids is 1. The summed E-state index contributed by atoms with van der Waals surface area (Å²) in [6.07, 6.45) is 1.82. The molecule has 1 nitrogen and oxygen atoms in total. The predicted octanol–water partition coefficient (Wildman–Crippen LogP) is 1.66. The third-order valence-electron chi connectivity index (χ3n) is 2.42. The summed E-state index contributed by atoms with van der Waals surface area (Å²) in [5.74, 6) is 0.318. The summed E-state index contributed by atoms with van der Waals surface area (Å²) in [5.41, 5.74) is 0.737. The Balaban J connectivity index is 2.34. The summed E-state index contributed by atoms with van der Waals surface area (Å²) in [7, 11) is -0.182. The minimum atomic E-state index is -0.182. The molecular formula is C12H18OSi. The van der Waals surface area contributed by atoms with Gasteiger partial charge in [-0.2, -0.15) is 0 Å². The fourth-order valence-corrected chi connectivity index (χ4v) is 3.33. The molecule has 0 saturated carbocycles. The number of hydrogen-bond donors (Lipinski definition) is 0. The number of benzene rings is 1. The number of ketones is 1. The van der Waals surface area contributed by atoms with Gasteiger partial charge in [0.1, 0.15) is 5.78 Å². The molecule has 1 aromatic carbocycles. The highest BCUT2D eigenvalue weighted by molar-refractivity contribution is 6.54. The molecule has 1 unspecified atom stereocenters. The first-order chi connectivity index (χ1) is 6.68. The number of rotatable bonds is 5. The van der Waals surface area contributed by atoms with Gasteiger partial charge in [-0.25, -0.2) is 0 Å². The fourth-order valence-electron chi connectivity index (χ4n) is 1.57. The van der Waals surface area contributed by atoms with Crippen molar-refractivity contribution in [2.75, 3.05) is 0 Å². The van der Waals surface area contributed by atoms with Crippen molar-refractivity contribution < 1.29 is 4.79 Å². The molecule has 1 rings (SSSR count). The Hall–Kier alpha value is -0.893. The number of Topliss-reactive ketones (excluding diaryl/α,β-unsaturated/α-hetero) is 1. The van der Waals surface area contributed by atoms with E-state index >= 15 is 0 Å². The van der Waals surface area contributed by atoms with E-state index in [2.05, 4.69) is 37.3 Å². The van der Waals surface area contributed by atoms with Crippen molar-refractivity contribution in [2.24, 2.45) is 0 Å². The molecule has 1 atom stereocenters. The Kier molecular flexibility index (Phi) is 4.60. The second-order valence-corrected chi connectivity index (χ2v) is 6.65. The van der Waals surface area contributed by atoms with Gasteiger partial charge in [0, 0.05) is 6.42 Å². The monoisotopic (exact) mass is 206 g/mol. The molecule has 0 aliphatic heterocycles. The minimum absolute atomic E-state index is 0.182. The maximum Gasteiger partial charge on any atom is 0.129 e. The molecule has 0 aliphatic carbocycles. The Bertz CT molecular complexity index is 282. The van der Waals surface area contributed by atoms with Gasteiger partial charge in [0.15, 0.2) is 0 Å². The normalized spacial score (nSPS) is 13.3. The number of carbonyl (C=O) groups is 1. The van der Waals surface area contributed by atoms with E-state index in [9.17, 15) is 4.79 Å². The van der Waals surface area contributed by atoms with Gasteiger partial charge in [-0.1, -0.05) is 42.4 Å². The lowest BCUT2D eigenvalue weighted by molar-refractivity contribution is -0.117. The van der Waals surface area contributed by atoms with Crippen molar-refractivity contribution in [3.8, 4) is 0 Å². The van der Waals surface area contributed by atoms with E-state index in [1.807, 2.05) is 0 Å². The molecule has 2 heteroatoms. The van der Waals surface area contributed by atoms with E-state index in [0.29, 0.717) is 5.78 Å². The molecule has 0 heterocycles. The van der Waals surface area contributed by atoms with Crippen LogP contribution in [0.3, 0.4) is 0 Å². The number of hydrogen-bond acceptors (Lipinski definition) is 1. The van der Waals surface area contributed by atoms with Gasteiger partial charge in [-0.15, -0.1) is 0 Å². The SMILES string of the molecule is CC(=O)CCC(C)[SiH2]c1ccccc1. The van der Waals surface area contributed by atoms with Crippen molar-refractivity contribution in [3.05, 3.63) is 30.3 Å². The Labute approximate surface area is 88.4 Å². The zero-order valence-electron chi connectivity index (χ0n) is 8.99. The van der Waals surface area contributed by atoms with Crippen molar-refractivity contribution in [3.63, 3.8) is 0 Å². The molecule has 76 valence electrons. The van der Waals surface area contributed by atoms with E-state index < -0.39 is 0 Å². The first kappa shape index (κ1) is 11.2. The summed E-state index contributed by atoms with van der Waals surface area (Å²) >= 11 is 0. The van der Waals surface area contributed by atoms with Crippen LogP contribution < -0.4 is 5.19 Å². The molecule has 0 N–H and O–H groups in total. The van der Waals surface area contributed by atoms with Crippen LogP contribution in [0.5, 0.6) is 0 Å². The third-order valence-corrected chi connectivity index (χ3v) is 4.46. The Morgan fingerprint density at radius 3 is 2.57 bits per heavy atom. The van der Waals surface area contributed by atoms with Gasteiger partial charge >= 0.3 is 0 Å². The molecule has 0 amide bonds. The zero-order valence-corrected chi connectivity index (χ0v) is 10.4. The highest BCUT2D eigenvalue weighted by Crippen LogP contribution is 2.10. The average Bonchev–Trinajstić information content (AvgIpc) is 2.16. The third kappa shape index (κ3) is 4.37. The largest absolute Gasteiger partial charge is 0.300 e. The van der Waals surface area contributed by atoms with Crippen molar-refractivity contribution in [2.45, 2.75) is 32.2 Å². The molecule has 14 heavy (non-hydrogen) atoms.